The van der Waals surface area contributed by atoms with Crippen molar-refractivity contribution in [2.24, 2.45) is 0 Å². The first-order valence-electron chi connectivity index (χ1n) is 9.15. The molecule has 0 saturated carbocycles. The summed E-state index contributed by atoms with van der Waals surface area (Å²) in [5.41, 5.74) is 0.371. The fourth-order valence-corrected chi connectivity index (χ4v) is 5.02. The van der Waals surface area contributed by atoms with E-state index in [-0.39, 0.29) is 16.9 Å². The van der Waals surface area contributed by atoms with E-state index >= 15 is 0 Å². The van der Waals surface area contributed by atoms with Gasteiger partial charge in [-0.25, -0.2) is 8.42 Å². The standard InChI is InChI=1S/C18H27N3O4S/c1-25-16-7-10-21(11-8-16)26(23,24)17-6-2-4-14(12-17)18(22)20-13-15-5-3-9-19-15/h2,4,6,12,15-16,19H,3,5,7-11,13H2,1H3,(H,20,22)/t15-/m0/s1. The number of nitrogens with one attached hydrogen (secondary N) is 2. The van der Waals surface area contributed by atoms with E-state index in [1.165, 1.54) is 10.4 Å². The van der Waals surface area contributed by atoms with Gasteiger partial charge in [0.05, 0.1) is 11.0 Å². The fourth-order valence-electron chi connectivity index (χ4n) is 3.50. The molecule has 2 aliphatic heterocycles. The van der Waals surface area contributed by atoms with Gasteiger partial charge in [0.15, 0.2) is 0 Å². The Morgan fingerprint density at radius 3 is 2.73 bits per heavy atom. The van der Waals surface area contributed by atoms with Crippen molar-refractivity contribution in [1.29, 1.82) is 0 Å². The van der Waals surface area contributed by atoms with Crippen molar-refractivity contribution in [2.75, 3.05) is 33.3 Å². The van der Waals surface area contributed by atoms with Crippen molar-refractivity contribution in [3.63, 3.8) is 0 Å². The summed E-state index contributed by atoms with van der Waals surface area (Å²) in [7, 11) is -1.94. The lowest BCUT2D eigenvalue weighted by Gasteiger charge is -2.30. The fraction of sp³-hybridized carbons (Fsp3) is 0.611. The number of hydrogen-bond donors (Lipinski definition) is 2. The normalized spacial score (nSPS) is 22.4. The summed E-state index contributed by atoms with van der Waals surface area (Å²) in [5.74, 6) is -0.242. The average molecular weight is 381 g/mol. The third-order valence-electron chi connectivity index (χ3n) is 5.14. The Bertz CT molecular complexity index is 724. The smallest absolute Gasteiger partial charge is 0.251 e. The van der Waals surface area contributed by atoms with Crippen LogP contribution in [0.4, 0.5) is 0 Å². The molecule has 0 radical (unpaired) electrons. The first-order chi connectivity index (χ1) is 12.5. The van der Waals surface area contributed by atoms with E-state index in [1.54, 1.807) is 25.3 Å². The van der Waals surface area contributed by atoms with Gasteiger partial charge in [0, 0.05) is 38.3 Å². The maximum atomic E-state index is 12.9. The molecule has 0 unspecified atom stereocenters. The van der Waals surface area contributed by atoms with Crippen molar-refractivity contribution < 1.29 is 17.9 Å². The van der Waals surface area contributed by atoms with Gasteiger partial charge >= 0.3 is 0 Å². The molecule has 1 amide bonds. The van der Waals surface area contributed by atoms with Crippen LogP contribution in [0.5, 0.6) is 0 Å². The summed E-state index contributed by atoms with van der Waals surface area (Å²) in [6.07, 6.45) is 3.65. The minimum Gasteiger partial charge on any atom is -0.381 e. The predicted octanol–water partition coefficient (Wildman–Crippen LogP) is 0.968. The van der Waals surface area contributed by atoms with Gasteiger partial charge in [0.25, 0.3) is 5.91 Å². The zero-order chi connectivity index (χ0) is 18.6. The molecule has 2 aliphatic rings. The molecule has 7 nitrogen and oxygen atoms in total. The first-order valence-corrected chi connectivity index (χ1v) is 10.6. The molecular formula is C18H27N3O4S. The van der Waals surface area contributed by atoms with E-state index in [4.69, 9.17) is 4.74 Å². The number of carbonyl (C=O) groups is 1. The van der Waals surface area contributed by atoms with Crippen LogP contribution >= 0.6 is 0 Å². The quantitative estimate of drug-likeness (QED) is 0.767. The first kappa shape index (κ1) is 19.3. The second-order valence-electron chi connectivity index (χ2n) is 6.87. The van der Waals surface area contributed by atoms with E-state index in [1.807, 2.05) is 0 Å². The largest absolute Gasteiger partial charge is 0.381 e. The Morgan fingerprint density at radius 1 is 1.31 bits per heavy atom. The SMILES string of the molecule is COC1CCN(S(=O)(=O)c2cccc(C(=O)NC[C@@H]3CCCN3)c2)CC1. The van der Waals surface area contributed by atoms with Crippen LogP contribution < -0.4 is 10.6 Å². The molecule has 2 fully saturated rings. The zero-order valence-corrected chi connectivity index (χ0v) is 15.9. The summed E-state index contributed by atoms with van der Waals surface area (Å²) in [6, 6.07) is 6.58. The molecule has 0 spiro atoms. The van der Waals surface area contributed by atoms with Gasteiger partial charge in [-0.3, -0.25) is 4.79 Å². The average Bonchev–Trinajstić information content (AvgIpc) is 3.20. The van der Waals surface area contributed by atoms with Gasteiger partial charge in [0.2, 0.25) is 10.0 Å². The van der Waals surface area contributed by atoms with Gasteiger partial charge in [0.1, 0.15) is 0 Å². The van der Waals surface area contributed by atoms with Crippen molar-refractivity contribution in [3.05, 3.63) is 29.8 Å². The van der Waals surface area contributed by atoms with Gasteiger partial charge in [-0.1, -0.05) is 6.07 Å². The van der Waals surface area contributed by atoms with Crippen LogP contribution in [0.15, 0.2) is 29.2 Å². The van der Waals surface area contributed by atoms with Crippen LogP contribution in [0.25, 0.3) is 0 Å². The molecule has 2 saturated heterocycles. The van der Waals surface area contributed by atoms with Crippen molar-refractivity contribution in [2.45, 2.75) is 42.7 Å². The number of hydrogen-bond acceptors (Lipinski definition) is 5. The number of rotatable bonds is 6. The number of sulfonamides is 1. The number of ether oxygens (including phenoxy) is 1. The lowest BCUT2D eigenvalue weighted by Crippen LogP contribution is -2.40. The number of benzene rings is 1. The molecule has 2 heterocycles. The summed E-state index contributed by atoms with van der Waals surface area (Å²) in [5, 5.41) is 6.21. The molecule has 0 aromatic heterocycles. The summed E-state index contributed by atoms with van der Waals surface area (Å²) >= 11 is 0. The second-order valence-corrected chi connectivity index (χ2v) is 8.81. The molecule has 0 aliphatic carbocycles. The zero-order valence-electron chi connectivity index (χ0n) is 15.1. The van der Waals surface area contributed by atoms with E-state index < -0.39 is 10.0 Å². The number of amides is 1. The Kier molecular flexibility index (Phi) is 6.29. The lowest BCUT2D eigenvalue weighted by atomic mass is 10.1. The Morgan fingerprint density at radius 2 is 2.08 bits per heavy atom. The topological polar surface area (TPSA) is 87.7 Å². The highest BCUT2D eigenvalue weighted by Crippen LogP contribution is 2.22. The van der Waals surface area contributed by atoms with Gasteiger partial charge in [-0.2, -0.15) is 4.31 Å². The predicted molar refractivity (Wildman–Crippen MR) is 98.6 cm³/mol. The maximum Gasteiger partial charge on any atom is 0.251 e. The Hall–Kier alpha value is -1.48. The lowest BCUT2D eigenvalue weighted by molar-refractivity contribution is 0.0604. The summed E-state index contributed by atoms with van der Waals surface area (Å²) in [6.45, 7) is 2.41. The Labute approximate surface area is 155 Å². The Balaban J connectivity index is 1.66. The molecule has 1 atom stereocenters. The van der Waals surface area contributed by atoms with Crippen LogP contribution in [0.1, 0.15) is 36.0 Å². The monoisotopic (exact) mass is 381 g/mol. The molecule has 144 valence electrons. The van der Waals surface area contributed by atoms with Gasteiger partial charge < -0.3 is 15.4 Å². The van der Waals surface area contributed by atoms with E-state index in [0.29, 0.717) is 44.1 Å². The minimum atomic E-state index is -3.59. The van der Waals surface area contributed by atoms with Gasteiger partial charge in [-0.05, 0) is 50.4 Å². The number of nitrogens with zero attached hydrogens (tertiary/aromatic N) is 1. The minimum absolute atomic E-state index is 0.114. The molecule has 26 heavy (non-hydrogen) atoms. The van der Waals surface area contributed by atoms with Gasteiger partial charge in [-0.15, -0.1) is 0 Å². The van der Waals surface area contributed by atoms with Crippen LogP contribution in [-0.4, -0.2) is 64.1 Å². The molecule has 1 aromatic rings. The number of piperidine rings is 1. The molecule has 3 rings (SSSR count). The molecular weight excluding hydrogens is 354 g/mol. The number of methoxy groups -OCH3 is 1. The van der Waals surface area contributed by atoms with E-state index in [9.17, 15) is 13.2 Å². The second kappa shape index (κ2) is 8.47. The summed E-state index contributed by atoms with van der Waals surface area (Å²) in [4.78, 5) is 12.5. The van der Waals surface area contributed by atoms with E-state index in [0.717, 1.165) is 19.4 Å². The van der Waals surface area contributed by atoms with Crippen LogP contribution in [0, 0.1) is 0 Å². The summed E-state index contributed by atoms with van der Waals surface area (Å²) < 4.78 is 32.5. The van der Waals surface area contributed by atoms with Crippen LogP contribution in [0.2, 0.25) is 0 Å². The van der Waals surface area contributed by atoms with Crippen molar-refractivity contribution >= 4 is 15.9 Å². The number of carbonyl (C=O) groups excluding carboxylic acids is 1. The van der Waals surface area contributed by atoms with Crippen molar-refractivity contribution in [3.8, 4) is 0 Å². The maximum absolute atomic E-state index is 12.9. The van der Waals surface area contributed by atoms with Crippen LogP contribution in [0.3, 0.4) is 0 Å². The molecule has 2 N–H and O–H groups in total. The van der Waals surface area contributed by atoms with E-state index in [2.05, 4.69) is 10.6 Å². The third-order valence-corrected chi connectivity index (χ3v) is 7.03. The van der Waals surface area contributed by atoms with Crippen LogP contribution in [-0.2, 0) is 14.8 Å². The highest BCUT2D eigenvalue weighted by atomic mass is 32.2. The molecule has 8 heteroatoms. The molecule has 0 bridgehead atoms. The highest BCUT2D eigenvalue weighted by Gasteiger charge is 2.29. The third kappa shape index (κ3) is 4.43. The van der Waals surface area contributed by atoms with Crippen molar-refractivity contribution in [1.82, 2.24) is 14.9 Å². The molecule has 1 aromatic carbocycles. The highest BCUT2D eigenvalue weighted by molar-refractivity contribution is 7.89.